The van der Waals surface area contributed by atoms with Gasteiger partial charge in [0, 0.05) is 25.7 Å². The highest BCUT2D eigenvalue weighted by Gasteiger charge is 2.25. The van der Waals surface area contributed by atoms with Gasteiger partial charge in [-0.15, -0.1) is 0 Å². The molecule has 2 heteroatoms. The maximum Gasteiger partial charge on any atom is 0.0243 e. The van der Waals surface area contributed by atoms with Crippen molar-refractivity contribution in [3.8, 4) is 0 Å². The minimum absolute atomic E-state index is 0.829. The molecule has 0 saturated heterocycles. The molecule has 0 radical (unpaired) electrons. The Morgan fingerprint density at radius 2 is 1.71 bits per heavy atom. The number of nitrogens with zero attached hydrogens (tertiary/aromatic N) is 1. The van der Waals surface area contributed by atoms with E-state index >= 15 is 0 Å². The van der Waals surface area contributed by atoms with Crippen molar-refractivity contribution in [1.29, 1.82) is 0 Å². The largest absolute Gasteiger partial charge is 0.313 e. The van der Waals surface area contributed by atoms with Crippen LogP contribution in [0.15, 0.2) is 18.2 Å². The van der Waals surface area contributed by atoms with Crippen LogP contribution in [-0.2, 0) is 19.6 Å². The van der Waals surface area contributed by atoms with Crippen molar-refractivity contribution in [3.63, 3.8) is 0 Å². The summed E-state index contributed by atoms with van der Waals surface area (Å²) in [5, 5.41) is 3.43. The molecule has 0 atom stereocenters. The number of nitrogens with one attached hydrogen (secondary N) is 1. The van der Waals surface area contributed by atoms with Crippen molar-refractivity contribution in [2.24, 2.45) is 0 Å². The Balaban J connectivity index is 1.63. The first-order valence-corrected chi connectivity index (χ1v) is 8.92. The van der Waals surface area contributed by atoms with Crippen LogP contribution in [0.25, 0.3) is 0 Å². The Kier molecular flexibility index (Phi) is 5.32. The summed E-state index contributed by atoms with van der Waals surface area (Å²) in [5.41, 5.74) is 4.58. The smallest absolute Gasteiger partial charge is 0.0243 e. The van der Waals surface area contributed by atoms with Crippen LogP contribution in [0.3, 0.4) is 0 Å². The first-order chi connectivity index (χ1) is 10.4. The third-order valence-corrected chi connectivity index (χ3v) is 5.19. The highest BCUT2D eigenvalue weighted by molar-refractivity contribution is 5.35. The fraction of sp³-hybridized carbons (Fsp3) is 0.684. The predicted octanol–water partition coefficient (Wildman–Crippen LogP) is 4.22. The summed E-state index contributed by atoms with van der Waals surface area (Å²) in [4.78, 5) is 2.74. The lowest BCUT2D eigenvalue weighted by Crippen LogP contribution is -2.31. The zero-order valence-corrected chi connectivity index (χ0v) is 13.5. The lowest BCUT2D eigenvalue weighted by atomic mass is 9.96. The third-order valence-electron chi connectivity index (χ3n) is 5.19. The molecule has 21 heavy (non-hydrogen) atoms. The van der Waals surface area contributed by atoms with E-state index in [1.165, 1.54) is 63.6 Å². The number of rotatable bonds is 4. The number of hydrogen-bond acceptors (Lipinski definition) is 2. The van der Waals surface area contributed by atoms with Crippen LogP contribution >= 0.6 is 0 Å². The van der Waals surface area contributed by atoms with Crippen LogP contribution in [0.4, 0.5) is 0 Å². The van der Waals surface area contributed by atoms with Gasteiger partial charge in [-0.1, -0.05) is 57.2 Å². The van der Waals surface area contributed by atoms with Gasteiger partial charge in [0.05, 0.1) is 0 Å². The maximum atomic E-state index is 3.43. The summed E-state index contributed by atoms with van der Waals surface area (Å²) in [6, 6.07) is 7.93. The fourth-order valence-corrected chi connectivity index (χ4v) is 3.91. The molecule has 1 aliphatic heterocycles. The van der Waals surface area contributed by atoms with Crippen LogP contribution in [-0.4, -0.2) is 17.5 Å². The third kappa shape index (κ3) is 3.87. The van der Waals surface area contributed by atoms with Crippen molar-refractivity contribution < 1.29 is 0 Å². The fourth-order valence-electron chi connectivity index (χ4n) is 3.91. The molecule has 0 unspecified atom stereocenters. The first-order valence-electron chi connectivity index (χ1n) is 8.92. The highest BCUT2D eigenvalue weighted by Crippen LogP contribution is 2.30. The van der Waals surface area contributed by atoms with E-state index in [1.54, 1.807) is 11.1 Å². The Morgan fingerprint density at radius 1 is 1.00 bits per heavy atom. The van der Waals surface area contributed by atoms with Gasteiger partial charge in [-0.25, -0.2) is 0 Å². The Hall–Kier alpha value is -0.860. The molecule has 3 rings (SSSR count). The van der Waals surface area contributed by atoms with Gasteiger partial charge >= 0.3 is 0 Å². The second kappa shape index (κ2) is 7.42. The summed E-state index contributed by atoms with van der Waals surface area (Å²) in [5.74, 6) is 0. The van der Waals surface area contributed by atoms with Gasteiger partial charge in [-0.05, 0) is 36.1 Å². The van der Waals surface area contributed by atoms with E-state index in [1.807, 2.05) is 0 Å². The normalized spacial score (nSPS) is 21.0. The molecule has 1 fully saturated rings. The van der Waals surface area contributed by atoms with Crippen molar-refractivity contribution in [2.75, 3.05) is 6.54 Å². The van der Waals surface area contributed by atoms with Gasteiger partial charge in [-0.2, -0.15) is 0 Å². The van der Waals surface area contributed by atoms with Crippen molar-refractivity contribution in [1.82, 2.24) is 10.2 Å². The molecule has 1 saturated carbocycles. The molecule has 0 spiro atoms. The lowest BCUT2D eigenvalue weighted by molar-refractivity contribution is 0.166. The van der Waals surface area contributed by atoms with Gasteiger partial charge < -0.3 is 5.32 Å². The average Bonchev–Trinajstić information content (AvgIpc) is 2.87. The summed E-state index contributed by atoms with van der Waals surface area (Å²) in [6.45, 7) is 6.59. The summed E-state index contributed by atoms with van der Waals surface area (Å²) in [6.07, 6.45) is 10.1. The van der Waals surface area contributed by atoms with E-state index in [2.05, 4.69) is 35.3 Å². The maximum absolute atomic E-state index is 3.43. The topological polar surface area (TPSA) is 15.3 Å². The molecule has 2 aliphatic rings. The molecule has 1 N–H and O–H groups in total. The molecule has 1 aromatic carbocycles. The van der Waals surface area contributed by atoms with Crippen LogP contribution in [0, 0.1) is 0 Å². The Bertz CT molecular complexity index is 447. The van der Waals surface area contributed by atoms with Gasteiger partial charge in [0.1, 0.15) is 0 Å². The molecule has 1 heterocycles. The Labute approximate surface area is 129 Å². The highest BCUT2D eigenvalue weighted by atomic mass is 15.2. The van der Waals surface area contributed by atoms with Crippen LogP contribution < -0.4 is 5.32 Å². The van der Waals surface area contributed by atoms with E-state index in [-0.39, 0.29) is 0 Å². The molecule has 116 valence electrons. The zero-order valence-electron chi connectivity index (χ0n) is 13.5. The van der Waals surface area contributed by atoms with E-state index in [0.29, 0.717) is 0 Å². The monoisotopic (exact) mass is 286 g/mol. The minimum atomic E-state index is 0.829. The summed E-state index contributed by atoms with van der Waals surface area (Å²) in [7, 11) is 0. The van der Waals surface area contributed by atoms with E-state index < -0.39 is 0 Å². The molecular formula is C19H30N2. The average molecular weight is 286 g/mol. The first kappa shape index (κ1) is 15.1. The second-order valence-electron chi connectivity index (χ2n) is 6.79. The van der Waals surface area contributed by atoms with Crippen molar-refractivity contribution >= 4 is 0 Å². The molecular weight excluding hydrogens is 256 g/mol. The van der Waals surface area contributed by atoms with E-state index in [0.717, 1.165) is 19.1 Å². The second-order valence-corrected chi connectivity index (χ2v) is 6.79. The Morgan fingerprint density at radius 3 is 2.48 bits per heavy atom. The van der Waals surface area contributed by atoms with Crippen LogP contribution in [0.5, 0.6) is 0 Å². The molecule has 0 aromatic heterocycles. The molecule has 0 amide bonds. The molecule has 2 nitrogen and oxygen atoms in total. The summed E-state index contributed by atoms with van der Waals surface area (Å²) >= 11 is 0. The SMILES string of the molecule is CCNCc1ccc2c(c1)CN(C1CCCCCCC1)C2. The van der Waals surface area contributed by atoms with Gasteiger partial charge in [-0.3, -0.25) is 4.90 Å². The van der Waals surface area contributed by atoms with E-state index in [4.69, 9.17) is 0 Å². The van der Waals surface area contributed by atoms with Gasteiger partial charge in [0.2, 0.25) is 0 Å². The van der Waals surface area contributed by atoms with E-state index in [9.17, 15) is 0 Å². The van der Waals surface area contributed by atoms with Gasteiger partial charge in [0.25, 0.3) is 0 Å². The molecule has 1 aliphatic carbocycles. The number of fused-ring (bicyclic) bond motifs is 1. The molecule has 1 aromatic rings. The number of hydrogen-bond donors (Lipinski definition) is 1. The zero-order chi connectivity index (χ0) is 14.5. The minimum Gasteiger partial charge on any atom is -0.313 e. The molecule has 0 bridgehead atoms. The predicted molar refractivity (Wildman–Crippen MR) is 89.2 cm³/mol. The quantitative estimate of drug-likeness (QED) is 0.891. The lowest BCUT2D eigenvalue weighted by Gasteiger charge is -2.29. The van der Waals surface area contributed by atoms with Crippen molar-refractivity contribution in [3.05, 3.63) is 34.9 Å². The number of benzene rings is 1. The van der Waals surface area contributed by atoms with Crippen LogP contribution in [0.2, 0.25) is 0 Å². The standard InChI is InChI=1S/C19H30N2/c1-2-20-13-16-10-11-17-14-21(15-18(17)12-16)19-8-6-4-3-5-7-9-19/h10-12,19-20H,2-9,13-15H2,1H3. The van der Waals surface area contributed by atoms with Gasteiger partial charge in [0.15, 0.2) is 0 Å². The summed E-state index contributed by atoms with van der Waals surface area (Å²) < 4.78 is 0. The van der Waals surface area contributed by atoms with Crippen molar-refractivity contribution in [2.45, 2.75) is 77.5 Å². The van der Waals surface area contributed by atoms with Crippen LogP contribution in [0.1, 0.15) is 68.6 Å².